The summed E-state index contributed by atoms with van der Waals surface area (Å²) in [6, 6.07) is 3.61. The van der Waals surface area contributed by atoms with Crippen molar-refractivity contribution in [3.05, 3.63) is 24.0 Å². The first-order valence-corrected chi connectivity index (χ1v) is 8.90. The predicted octanol–water partition coefficient (Wildman–Crippen LogP) is 0.174. The van der Waals surface area contributed by atoms with Gasteiger partial charge in [0, 0.05) is 18.2 Å². The van der Waals surface area contributed by atoms with Gasteiger partial charge < -0.3 is 34.8 Å². The van der Waals surface area contributed by atoms with E-state index in [-0.39, 0.29) is 18.0 Å². The fourth-order valence-electron chi connectivity index (χ4n) is 1.59. The summed E-state index contributed by atoms with van der Waals surface area (Å²) < 4.78 is 10.6. The van der Waals surface area contributed by atoms with Gasteiger partial charge in [-0.25, -0.2) is 24.0 Å². The Kier molecular flexibility index (Phi) is 14.4. The summed E-state index contributed by atoms with van der Waals surface area (Å²) in [5.74, 6) is -7.03. The lowest BCUT2D eigenvalue weighted by molar-refractivity contribution is -0.159. The van der Waals surface area contributed by atoms with E-state index in [1.54, 1.807) is 12.3 Å². The summed E-state index contributed by atoms with van der Waals surface area (Å²) in [4.78, 5) is 54.3. The van der Waals surface area contributed by atoms with Crippen LogP contribution in [0.1, 0.15) is 26.5 Å². The van der Waals surface area contributed by atoms with Crippen molar-refractivity contribution in [2.45, 2.75) is 26.2 Å². The lowest BCUT2D eigenvalue weighted by Crippen LogP contribution is -2.23. The minimum atomic E-state index is -1.82. The molecule has 0 aliphatic carbocycles. The van der Waals surface area contributed by atoms with Gasteiger partial charge in [0.1, 0.15) is 12.4 Å². The molecule has 0 atom stereocenters. The molecule has 0 aliphatic rings. The molecule has 32 heavy (non-hydrogen) atoms. The first kappa shape index (κ1) is 30.5. The molecule has 1 aromatic heterocycles. The van der Waals surface area contributed by atoms with E-state index < -0.39 is 23.9 Å². The number of carbonyl (C=O) groups excluding carboxylic acids is 1. The van der Waals surface area contributed by atoms with Crippen molar-refractivity contribution >= 4 is 29.8 Å². The van der Waals surface area contributed by atoms with Crippen LogP contribution >= 0.6 is 0 Å². The predicted molar refractivity (Wildman–Crippen MR) is 108 cm³/mol. The monoisotopic (exact) mass is 460 g/mol. The van der Waals surface area contributed by atoms with Gasteiger partial charge in [-0.2, -0.15) is 0 Å². The first-order valence-electron chi connectivity index (χ1n) is 8.90. The van der Waals surface area contributed by atoms with Crippen molar-refractivity contribution in [2.75, 3.05) is 33.9 Å². The van der Waals surface area contributed by atoms with Gasteiger partial charge in [0.05, 0.1) is 5.69 Å². The zero-order valence-corrected chi connectivity index (χ0v) is 18.4. The van der Waals surface area contributed by atoms with Gasteiger partial charge in [-0.3, -0.25) is 4.98 Å². The average Bonchev–Trinajstić information content (AvgIpc) is 2.66. The molecule has 1 rings (SSSR count). The molecule has 0 unspecified atom stereocenters. The molecule has 0 aliphatic heterocycles. The number of nitrogens with zero attached hydrogens (tertiary/aromatic N) is 2. The maximum absolute atomic E-state index is 11.6. The van der Waals surface area contributed by atoms with Crippen LogP contribution in [0.4, 0.5) is 0 Å². The number of carbonyl (C=O) groups is 5. The second-order valence-corrected chi connectivity index (χ2v) is 7.13. The molecule has 0 spiro atoms. The Labute approximate surface area is 184 Å². The van der Waals surface area contributed by atoms with Crippen molar-refractivity contribution in [2.24, 2.45) is 0 Å². The van der Waals surface area contributed by atoms with Crippen LogP contribution in [0.5, 0.6) is 5.75 Å². The Morgan fingerprint density at radius 3 is 1.78 bits per heavy atom. The molecule has 0 saturated carbocycles. The zero-order valence-electron chi connectivity index (χ0n) is 18.4. The summed E-state index contributed by atoms with van der Waals surface area (Å²) in [5.41, 5.74) is 0.701. The summed E-state index contributed by atoms with van der Waals surface area (Å²) in [7, 11) is 3.85. The van der Waals surface area contributed by atoms with Crippen molar-refractivity contribution in [1.29, 1.82) is 0 Å². The maximum atomic E-state index is 11.6. The number of carboxylic acid groups (broad SMARTS) is 4. The van der Waals surface area contributed by atoms with E-state index in [4.69, 9.17) is 49.1 Å². The molecule has 0 radical (unpaired) electrons. The number of aliphatic carboxylic acids is 4. The SMILES string of the molecule is CN(C)CCOC(=O)COc1cccnc1C(C)(C)C.O=C(O)C(=O)O.O=C(O)C(=O)O. The fourth-order valence-corrected chi connectivity index (χ4v) is 1.59. The van der Waals surface area contributed by atoms with E-state index in [1.165, 1.54) is 0 Å². The van der Waals surface area contributed by atoms with Crippen molar-refractivity contribution < 1.29 is 53.9 Å². The molecule has 1 aromatic rings. The standard InChI is InChI=1S/C15H24N2O3.2C2H2O4/c1-15(2,3)14-12(7-6-8-16-14)20-11-13(18)19-10-9-17(4)5;2*3-1(4)2(5)6/h6-8H,9-11H2,1-5H3;2*(H,3,4)(H,5,6). The van der Waals surface area contributed by atoms with Crippen molar-refractivity contribution in [1.82, 2.24) is 9.88 Å². The number of aromatic nitrogens is 1. The average molecular weight is 460 g/mol. The molecule has 0 saturated heterocycles. The van der Waals surface area contributed by atoms with Crippen molar-refractivity contribution in [3.8, 4) is 5.75 Å². The van der Waals surface area contributed by atoms with Gasteiger partial charge in [0.15, 0.2) is 6.61 Å². The summed E-state index contributed by atoms with van der Waals surface area (Å²) in [6.45, 7) is 7.13. The second kappa shape index (κ2) is 15.1. The number of hydrogen-bond acceptors (Lipinski definition) is 9. The van der Waals surface area contributed by atoms with Gasteiger partial charge in [0.25, 0.3) is 0 Å². The fraction of sp³-hybridized carbons (Fsp3) is 0.474. The Morgan fingerprint density at radius 2 is 1.41 bits per heavy atom. The smallest absolute Gasteiger partial charge is 0.414 e. The van der Waals surface area contributed by atoms with E-state index in [2.05, 4.69) is 25.8 Å². The third-order valence-corrected chi connectivity index (χ3v) is 2.99. The Balaban J connectivity index is 0. The maximum Gasteiger partial charge on any atom is 0.414 e. The number of esters is 1. The quantitative estimate of drug-likeness (QED) is 0.331. The van der Waals surface area contributed by atoms with Gasteiger partial charge in [-0.15, -0.1) is 0 Å². The molecule has 13 nitrogen and oxygen atoms in total. The highest BCUT2D eigenvalue weighted by molar-refractivity contribution is 6.27. The van der Waals surface area contributed by atoms with Gasteiger partial charge in [0.2, 0.25) is 0 Å². The molecular weight excluding hydrogens is 432 g/mol. The molecule has 0 amide bonds. The third-order valence-electron chi connectivity index (χ3n) is 2.99. The molecule has 13 heteroatoms. The zero-order chi connectivity index (χ0) is 25.5. The summed E-state index contributed by atoms with van der Waals surface area (Å²) in [6.07, 6.45) is 1.73. The van der Waals surface area contributed by atoms with Crippen LogP contribution in [-0.2, 0) is 34.1 Å². The van der Waals surface area contributed by atoms with Crippen LogP contribution in [0.25, 0.3) is 0 Å². The molecule has 0 bridgehead atoms. The van der Waals surface area contributed by atoms with E-state index in [0.717, 1.165) is 5.69 Å². The summed E-state index contributed by atoms with van der Waals surface area (Å²) >= 11 is 0. The topological polar surface area (TPSA) is 201 Å². The van der Waals surface area contributed by atoms with Gasteiger partial charge in [-0.1, -0.05) is 20.8 Å². The normalized spacial score (nSPS) is 9.94. The number of hydrogen-bond donors (Lipinski definition) is 4. The van der Waals surface area contributed by atoms with Crippen LogP contribution in [0.15, 0.2) is 18.3 Å². The number of ether oxygens (including phenoxy) is 2. The Morgan fingerprint density at radius 1 is 0.938 bits per heavy atom. The number of likely N-dealkylation sites (N-methyl/N-ethyl adjacent to an activating group) is 1. The highest BCUT2D eigenvalue weighted by atomic mass is 16.6. The van der Waals surface area contributed by atoms with Gasteiger partial charge >= 0.3 is 29.8 Å². The van der Waals surface area contributed by atoms with Crippen LogP contribution in [0.3, 0.4) is 0 Å². The van der Waals surface area contributed by atoms with Crippen LogP contribution < -0.4 is 4.74 Å². The lowest BCUT2D eigenvalue weighted by Gasteiger charge is -2.20. The lowest BCUT2D eigenvalue weighted by atomic mass is 9.91. The molecule has 4 N–H and O–H groups in total. The van der Waals surface area contributed by atoms with E-state index in [1.807, 2.05) is 25.1 Å². The molecule has 0 aromatic carbocycles. The molecule has 1 heterocycles. The largest absolute Gasteiger partial charge is 0.480 e. The molecule has 0 fully saturated rings. The first-order chi connectivity index (χ1) is 14.6. The minimum absolute atomic E-state index is 0.0950. The number of pyridine rings is 1. The second-order valence-electron chi connectivity index (χ2n) is 7.13. The molecule has 180 valence electrons. The third kappa shape index (κ3) is 16.1. The highest BCUT2D eigenvalue weighted by Crippen LogP contribution is 2.28. The minimum Gasteiger partial charge on any atom is -0.480 e. The van der Waals surface area contributed by atoms with Gasteiger partial charge in [-0.05, 0) is 26.2 Å². The van der Waals surface area contributed by atoms with Crippen LogP contribution in [-0.4, -0.2) is 94.0 Å². The van der Waals surface area contributed by atoms with E-state index in [9.17, 15) is 4.79 Å². The van der Waals surface area contributed by atoms with E-state index >= 15 is 0 Å². The number of carboxylic acids is 4. The van der Waals surface area contributed by atoms with Crippen LogP contribution in [0, 0.1) is 0 Å². The van der Waals surface area contributed by atoms with Crippen molar-refractivity contribution in [3.63, 3.8) is 0 Å². The Bertz CT molecular complexity index is 738. The number of rotatable bonds is 6. The summed E-state index contributed by atoms with van der Waals surface area (Å²) in [5, 5.41) is 29.6. The Hall–Kier alpha value is -3.74. The van der Waals surface area contributed by atoms with Crippen LogP contribution in [0.2, 0.25) is 0 Å². The molecular formula is C19H28N2O11. The van der Waals surface area contributed by atoms with E-state index in [0.29, 0.717) is 18.9 Å². The highest BCUT2D eigenvalue weighted by Gasteiger charge is 2.21.